The zero-order chi connectivity index (χ0) is 19.9. The smallest absolute Gasteiger partial charge is 0.325 e. The van der Waals surface area contributed by atoms with Gasteiger partial charge >= 0.3 is 6.03 Å². The van der Waals surface area contributed by atoms with Crippen LogP contribution in [0.1, 0.15) is 6.42 Å². The quantitative estimate of drug-likeness (QED) is 0.656. The molecular weight excluding hydrogens is 362 g/mol. The van der Waals surface area contributed by atoms with Crippen molar-refractivity contribution in [1.29, 1.82) is 0 Å². The van der Waals surface area contributed by atoms with Gasteiger partial charge in [-0.25, -0.2) is 9.78 Å². The van der Waals surface area contributed by atoms with E-state index in [4.69, 9.17) is 9.47 Å². The molecule has 0 atom stereocenters. The molecule has 0 bridgehead atoms. The summed E-state index contributed by atoms with van der Waals surface area (Å²) in [5.74, 6) is 1.05. The van der Waals surface area contributed by atoms with Crippen LogP contribution in [0.5, 0.6) is 11.5 Å². The molecular formula is C19H25N5O4. The second kappa shape index (κ2) is 9.12. The zero-order valence-electron chi connectivity index (χ0n) is 16.1. The van der Waals surface area contributed by atoms with Crippen LogP contribution >= 0.6 is 0 Å². The predicted molar refractivity (Wildman–Crippen MR) is 104 cm³/mol. The third-order valence-corrected chi connectivity index (χ3v) is 4.58. The molecule has 28 heavy (non-hydrogen) atoms. The van der Waals surface area contributed by atoms with Crippen LogP contribution in [0.25, 0.3) is 0 Å². The lowest BCUT2D eigenvalue weighted by molar-refractivity contribution is -0.121. The van der Waals surface area contributed by atoms with Crippen molar-refractivity contribution in [1.82, 2.24) is 19.8 Å². The van der Waals surface area contributed by atoms with Crippen molar-refractivity contribution >= 4 is 17.6 Å². The molecule has 0 spiro atoms. The number of carbonyl (C=O) groups excluding carboxylic acids is 2. The molecule has 9 nitrogen and oxygen atoms in total. The van der Waals surface area contributed by atoms with Gasteiger partial charge in [0.2, 0.25) is 5.91 Å². The summed E-state index contributed by atoms with van der Waals surface area (Å²) in [6, 6.07) is 5.07. The van der Waals surface area contributed by atoms with Crippen LogP contribution in [0.2, 0.25) is 0 Å². The number of anilines is 1. The van der Waals surface area contributed by atoms with Gasteiger partial charge < -0.3 is 24.3 Å². The van der Waals surface area contributed by atoms with Crippen molar-refractivity contribution in [2.45, 2.75) is 13.0 Å². The number of benzene rings is 1. The lowest BCUT2D eigenvalue weighted by Crippen LogP contribution is -2.40. The van der Waals surface area contributed by atoms with E-state index in [1.165, 1.54) is 4.90 Å². The summed E-state index contributed by atoms with van der Waals surface area (Å²) in [6.07, 6.45) is 6.14. The molecule has 0 radical (unpaired) electrons. The van der Waals surface area contributed by atoms with E-state index in [0.717, 1.165) is 13.0 Å². The summed E-state index contributed by atoms with van der Waals surface area (Å²) < 4.78 is 12.6. The topological polar surface area (TPSA) is 88.9 Å². The van der Waals surface area contributed by atoms with Crippen LogP contribution in [0.4, 0.5) is 10.5 Å². The van der Waals surface area contributed by atoms with Crippen molar-refractivity contribution in [2.75, 3.05) is 45.3 Å². The number of nitrogens with zero attached hydrogens (tertiary/aromatic N) is 4. The summed E-state index contributed by atoms with van der Waals surface area (Å²) in [5, 5.41) is 2.86. The number of methoxy groups -OCH3 is 2. The van der Waals surface area contributed by atoms with Crippen LogP contribution in [0, 0.1) is 0 Å². The summed E-state index contributed by atoms with van der Waals surface area (Å²) >= 11 is 0. The van der Waals surface area contributed by atoms with E-state index in [1.807, 2.05) is 10.8 Å². The van der Waals surface area contributed by atoms with E-state index in [2.05, 4.69) is 10.3 Å². The molecule has 2 aromatic rings. The normalized spacial score (nSPS) is 13.7. The molecule has 150 valence electrons. The lowest BCUT2D eigenvalue weighted by atomic mass is 10.2. The number of urea groups is 1. The Labute approximate surface area is 163 Å². The minimum atomic E-state index is -0.222. The fourth-order valence-electron chi connectivity index (χ4n) is 3.10. The highest BCUT2D eigenvalue weighted by molar-refractivity contribution is 5.97. The van der Waals surface area contributed by atoms with E-state index in [9.17, 15) is 9.59 Å². The second-order valence-corrected chi connectivity index (χ2v) is 6.40. The molecule has 1 aromatic carbocycles. The third kappa shape index (κ3) is 4.54. The van der Waals surface area contributed by atoms with Gasteiger partial charge in [-0.1, -0.05) is 0 Å². The molecule has 0 saturated carbocycles. The number of amides is 3. The first kappa shape index (κ1) is 19.5. The van der Waals surface area contributed by atoms with Crippen molar-refractivity contribution in [2.24, 2.45) is 0 Å². The van der Waals surface area contributed by atoms with E-state index >= 15 is 0 Å². The molecule has 1 fully saturated rings. The van der Waals surface area contributed by atoms with E-state index in [0.29, 0.717) is 36.8 Å². The molecule has 1 aromatic heterocycles. The molecule has 2 heterocycles. The Bertz CT molecular complexity index is 809. The Hall–Kier alpha value is -3.23. The number of ether oxygens (including phenoxy) is 2. The minimum Gasteiger partial charge on any atom is -0.497 e. The number of carbonyl (C=O) groups is 2. The molecule has 9 heteroatoms. The fraction of sp³-hybridized carbons (Fsp3) is 0.421. The maximum Gasteiger partial charge on any atom is 0.325 e. The number of aryl methyl sites for hydroxylation is 1. The van der Waals surface area contributed by atoms with Crippen molar-refractivity contribution in [3.8, 4) is 11.5 Å². The molecule has 1 aliphatic rings. The van der Waals surface area contributed by atoms with Gasteiger partial charge in [-0.2, -0.15) is 0 Å². The van der Waals surface area contributed by atoms with E-state index < -0.39 is 0 Å². The number of hydrogen-bond donors (Lipinski definition) is 1. The minimum absolute atomic E-state index is 0.0344. The molecule has 1 saturated heterocycles. The maximum atomic E-state index is 12.8. The molecule has 0 unspecified atom stereocenters. The summed E-state index contributed by atoms with van der Waals surface area (Å²) in [6.45, 7) is 2.32. The fourth-order valence-corrected chi connectivity index (χ4v) is 3.10. The summed E-state index contributed by atoms with van der Waals surface area (Å²) in [5.41, 5.74) is 0.634. The molecule has 3 amide bonds. The largest absolute Gasteiger partial charge is 0.497 e. The van der Waals surface area contributed by atoms with E-state index in [1.54, 1.807) is 49.8 Å². The van der Waals surface area contributed by atoms with Crippen molar-refractivity contribution < 1.29 is 19.1 Å². The average molecular weight is 387 g/mol. The molecule has 0 aliphatic carbocycles. The Kier molecular flexibility index (Phi) is 6.36. The highest BCUT2D eigenvalue weighted by atomic mass is 16.5. The summed E-state index contributed by atoms with van der Waals surface area (Å²) in [4.78, 5) is 32.1. The first-order valence-electron chi connectivity index (χ1n) is 9.13. The lowest BCUT2D eigenvalue weighted by Gasteiger charge is -2.21. The Morgan fingerprint density at radius 2 is 2.11 bits per heavy atom. The Morgan fingerprint density at radius 3 is 2.82 bits per heavy atom. The number of hydrogen-bond acceptors (Lipinski definition) is 5. The number of rotatable bonds is 9. The van der Waals surface area contributed by atoms with Crippen LogP contribution in [0.3, 0.4) is 0 Å². The zero-order valence-corrected chi connectivity index (χ0v) is 16.1. The van der Waals surface area contributed by atoms with Gasteiger partial charge in [-0.15, -0.1) is 0 Å². The third-order valence-electron chi connectivity index (χ3n) is 4.58. The predicted octanol–water partition coefficient (Wildman–Crippen LogP) is 1.35. The average Bonchev–Trinajstić information content (AvgIpc) is 3.35. The molecule has 3 rings (SSSR count). The van der Waals surface area contributed by atoms with Gasteiger partial charge in [0, 0.05) is 44.6 Å². The van der Waals surface area contributed by atoms with Gasteiger partial charge in [-0.05, 0) is 18.6 Å². The van der Waals surface area contributed by atoms with Gasteiger partial charge in [0.25, 0.3) is 0 Å². The van der Waals surface area contributed by atoms with Crippen LogP contribution < -0.4 is 19.7 Å². The number of nitrogens with one attached hydrogen (secondary N) is 1. The van der Waals surface area contributed by atoms with Crippen molar-refractivity contribution in [3.05, 3.63) is 36.9 Å². The first-order valence-corrected chi connectivity index (χ1v) is 9.13. The van der Waals surface area contributed by atoms with Crippen molar-refractivity contribution in [3.63, 3.8) is 0 Å². The molecule has 1 N–H and O–H groups in total. The van der Waals surface area contributed by atoms with Crippen LogP contribution in [0.15, 0.2) is 36.9 Å². The standard InChI is InChI=1S/C19H25N5O4/c1-27-15-4-5-17(28-2)16(12-15)24-11-10-23(19(24)26)13-18(25)21-6-3-8-22-9-7-20-14-22/h4-5,7,9,12,14H,3,6,8,10-11,13H2,1-2H3,(H,21,25). The SMILES string of the molecule is COc1ccc(OC)c(N2CCN(CC(=O)NCCCn3ccnc3)C2=O)c1. The highest BCUT2D eigenvalue weighted by Crippen LogP contribution is 2.34. The first-order chi connectivity index (χ1) is 13.6. The monoisotopic (exact) mass is 387 g/mol. The van der Waals surface area contributed by atoms with E-state index in [-0.39, 0.29) is 18.5 Å². The molecule has 1 aliphatic heterocycles. The van der Waals surface area contributed by atoms with Gasteiger partial charge in [0.05, 0.1) is 26.2 Å². The van der Waals surface area contributed by atoms with Gasteiger partial charge in [-0.3, -0.25) is 9.69 Å². The van der Waals surface area contributed by atoms with Crippen LogP contribution in [-0.4, -0.2) is 66.8 Å². The van der Waals surface area contributed by atoms with Crippen LogP contribution in [-0.2, 0) is 11.3 Å². The van der Waals surface area contributed by atoms with Gasteiger partial charge in [0.1, 0.15) is 18.0 Å². The maximum absolute atomic E-state index is 12.8. The highest BCUT2D eigenvalue weighted by Gasteiger charge is 2.32. The summed E-state index contributed by atoms with van der Waals surface area (Å²) in [7, 11) is 3.13. The number of imidazole rings is 1. The Balaban J connectivity index is 1.51. The second-order valence-electron chi connectivity index (χ2n) is 6.40. The Morgan fingerprint density at radius 1 is 1.25 bits per heavy atom. The number of aromatic nitrogens is 2. The van der Waals surface area contributed by atoms with Gasteiger partial charge in [0.15, 0.2) is 0 Å².